The molecule has 82 valence electrons. The van der Waals surface area contributed by atoms with E-state index < -0.39 is 0 Å². The third-order valence-corrected chi connectivity index (χ3v) is 2.68. The maximum atomic E-state index is 8.73. The van der Waals surface area contributed by atoms with Gasteiger partial charge in [0.25, 0.3) is 0 Å². The van der Waals surface area contributed by atoms with Crippen molar-refractivity contribution < 1.29 is 5.21 Å². The quantitative estimate of drug-likeness (QED) is 0.374. The van der Waals surface area contributed by atoms with Gasteiger partial charge >= 0.3 is 0 Å². The van der Waals surface area contributed by atoms with Gasteiger partial charge in [0.15, 0.2) is 5.84 Å². The third-order valence-electron chi connectivity index (χ3n) is 2.02. The van der Waals surface area contributed by atoms with Gasteiger partial charge < -0.3 is 10.9 Å². The summed E-state index contributed by atoms with van der Waals surface area (Å²) in [6.45, 7) is 0. The van der Waals surface area contributed by atoms with Crippen molar-refractivity contribution in [2.75, 3.05) is 0 Å². The third kappa shape index (κ3) is 1.76. The van der Waals surface area contributed by atoms with E-state index in [0.29, 0.717) is 11.3 Å². The number of nitrogens with zero attached hydrogens (tertiary/aromatic N) is 4. The van der Waals surface area contributed by atoms with E-state index in [1.165, 1.54) is 17.3 Å². The molecular weight excluding hydrogens is 274 g/mol. The standard InChI is InChI=1S/C9H8BrN5O/c10-6-2-1-3-7(8(6)9(11)14-16)15-5-12-4-13-15/h1-5,16H,(H2,11,14). The number of hydrogen-bond donors (Lipinski definition) is 2. The van der Waals surface area contributed by atoms with Gasteiger partial charge in [-0.2, -0.15) is 5.10 Å². The van der Waals surface area contributed by atoms with Crippen molar-refractivity contribution >= 4 is 21.8 Å². The van der Waals surface area contributed by atoms with Crippen LogP contribution in [-0.4, -0.2) is 25.8 Å². The van der Waals surface area contributed by atoms with Crippen LogP contribution in [0.2, 0.25) is 0 Å². The minimum absolute atomic E-state index is 0.0120. The molecular formula is C9H8BrN5O. The second-order valence-corrected chi connectivity index (χ2v) is 3.81. The Labute approximate surface area is 99.5 Å². The van der Waals surface area contributed by atoms with Crippen LogP contribution >= 0.6 is 15.9 Å². The van der Waals surface area contributed by atoms with E-state index in [1.54, 1.807) is 12.1 Å². The van der Waals surface area contributed by atoms with Crippen molar-refractivity contribution in [2.24, 2.45) is 10.9 Å². The monoisotopic (exact) mass is 281 g/mol. The van der Waals surface area contributed by atoms with E-state index in [1.807, 2.05) is 6.07 Å². The zero-order valence-corrected chi connectivity index (χ0v) is 9.66. The van der Waals surface area contributed by atoms with E-state index in [-0.39, 0.29) is 5.84 Å². The smallest absolute Gasteiger partial charge is 0.173 e. The molecule has 0 unspecified atom stereocenters. The molecule has 3 N–H and O–H groups in total. The van der Waals surface area contributed by atoms with Crippen LogP contribution in [0.5, 0.6) is 0 Å². The summed E-state index contributed by atoms with van der Waals surface area (Å²) in [7, 11) is 0. The molecule has 7 heteroatoms. The van der Waals surface area contributed by atoms with E-state index >= 15 is 0 Å². The van der Waals surface area contributed by atoms with Gasteiger partial charge in [0.05, 0.1) is 11.3 Å². The molecule has 0 aliphatic rings. The normalized spacial score (nSPS) is 11.7. The molecule has 2 aromatic rings. The first kappa shape index (κ1) is 10.6. The molecule has 1 aromatic heterocycles. The molecule has 0 radical (unpaired) electrons. The van der Waals surface area contributed by atoms with E-state index in [4.69, 9.17) is 10.9 Å². The Morgan fingerprint density at radius 2 is 2.31 bits per heavy atom. The molecule has 0 fully saturated rings. The van der Waals surface area contributed by atoms with Crippen LogP contribution in [0.4, 0.5) is 0 Å². The Bertz CT molecular complexity index is 523. The van der Waals surface area contributed by atoms with Gasteiger partial charge in [-0.1, -0.05) is 11.2 Å². The zero-order chi connectivity index (χ0) is 11.5. The van der Waals surface area contributed by atoms with Crippen LogP contribution in [0.25, 0.3) is 5.69 Å². The van der Waals surface area contributed by atoms with E-state index in [9.17, 15) is 0 Å². The van der Waals surface area contributed by atoms with Crippen molar-refractivity contribution in [2.45, 2.75) is 0 Å². The minimum Gasteiger partial charge on any atom is -0.409 e. The maximum absolute atomic E-state index is 8.73. The molecule has 16 heavy (non-hydrogen) atoms. The Hall–Kier alpha value is -1.89. The van der Waals surface area contributed by atoms with E-state index in [2.05, 4.69) is 31.2 Å². The number of oxime groups is 1. The fraction of sp³-hybridized carbons (Fsp3) is 0. The summed E-state index contributed by atoms with van der Waals surface area (Å²) in [5.41, 5.74) is 6.86. The Balaban J connectivity index is 2.67. The van der Waals surface area contributed by atoms with Crippen molar-refractivity contribution in [3.63, 3.8) is 0 Å². The van der Waals surface area contributed by atoms with Gasteiger partial charge in [-0.15, -0.1) is 0 Å². The van der Waals surface area contributed by atoms with Crippen LogP contribution in [-0.2, 0) is 0 Å². The van der Waals surface area contributed by atoms with Crippen molar-refractivity contribution in [1.29, 1.82) is 0 Å². The average Bonchev–Trinajstić information content (AvgIpc) is 2.81. The Morgan fingerprint density at radius 3 is 2.94 bits per heavy atom. The highest BCUT2D eigenvalue weighted by atomic mass is 79.9. The fourth-order valence-electron chi connectivity index (χ4n) is 1.34. The molecule has 0 saturated carbocycles. The molecule has 6 nitrogen and oxygen atoms in total. The summed E-state index contributed by atoms with van der Waals surface area (Å²) in [4.78, 5) is 3.85. The summed E-state index contributed by atoms with van der Waals surface area (Å²) < 4.78 is 2.26. The number of benzene rings is 1. The van der Waals surface area contributed by atoms with E-state index in [0.717, 1.165) is 4.47 Å². The van der Waals surface area contributed by atoms with Crippen LogP contribution in [0.3, 0.4) is 0 Å². The van der Waals surface area contributed by atoms with Gasteiger partial charge in [0, 0.05) is 4.47 Å². The summed E-state index contributed by atoms with van der Waals surface area (Å²) in [5.74, 6) is 0.0120. The highest BCUT2D eigenvalue weighted by molar-refractivity contribution is 9.10. The number of nitrogens with two attached hydrogens (primary N) is 1. The zero-order valence-electron chi connectivity index (χ0n) is 8.08. The average molecular weight is 282 g/mol. The van der Waals surface area contributed by atoms with Gasteiger partial charge in [-0.25, -0.2) is 9.67 Å². The largest absolute Gasteiger partial charge is 0.409 e. The molecule has 1 heterocycles. The lowest BCUT2D eigenvalue weighted by Crippen LogP contribution is -2.17. The number of hydrogen-bond acceptors (Lipinski definition) is 4. The molecule has 1 aromatic carbocycles. The molecule has 0 saturated heterocycles. The summed E-state index contributed by atoms with van der Waals surface area (Å²) in [5, 5.41) is 15.7. The fourth-order valence-corrected chi connectivity index (χ4v) is 1.90. The Kier molecular flexibility index (Phi) is 2.86. The second kappa shape index (κ2) is 4.31. The molecule has 2 rings (SSSR count). The van der Waals surface area contributed by atoms with Crippen LogP contribution in [0.1, 0.15) is 5.56 Å². The lowest BCUT2D eigenvalue weighted by Gasteiger charge is -2.09. The summed E-state index contributed by atoms with van der Waals surface area (Å²) in [6.07, 6.45) is 2.95. The first-order valence-corrected chi connectivity index (χ1v) is 5.14. The number of aromatic nitrogens is 3. The lowest BCUT2D eigenvalue weighted by atomic mass is 10.1. The van der Waals surface area contributed by atoms with Gasteiger partial charge in [0.2, 0.25) is 0 Å². The lowest BCUT2D eigenvalue weighted by molar-refractivity contribution is 0.318. The number of amidine groups is 1. The maximum Gasteiger partial charge on any atom is 0.173 e. The molecule has 0 amide bonds. The molecule has 0 atom stereocenters. The van der Waals surface area contributed by atoms with Crippen molar-refractivity contribution in [3.05, 3.63) is 40.9 Å². The SMILES string of the molecule is N/C(=N/O)c1c(Br)cccc1-n1cncn1. The first-order valence-electron chi connectivity index (χ1n) is 4.35. The van der Waals surface area contributed by atoms with Crippen LogP contribution in [0.15, 0.2) is 40.5 Å². The van der Waals surface area contributed by atoms with Crippen molar-refractivity contribution in [1.82, 2.24) is 14.8 Å². The number of rotatable bonds is 2. The summed E-state index contributed by atoms with van der Waals surface area (Å²) >= 11 is 3.34. The van der Waals surface area contributed by atoms with Gasteiger partial charge in [-0.05, 0) is 28.1 Å². The molecule has 0 bridgehead atoms. The topological polar surface area (TPSA) is 89.3 Å². The highest BCUT2D eigenvalue weighted by Crippen LogP contribution is 2.22. The molecule has 0 aliphatic carbocycles. The van der Waals surface area contributed by atoms with Gasteiger partial charge in [-0.3, -0.25) is 0 Å². The predicted octanol–water partition coefficient (Wildman–Crippen LogP) is 1.12. The van der Waals surface area contributed by atoms with Gasteiger partial charge in [0.1, 0.15) is 12.7 Å². The highest BCUT2D eigenvalue weighted by Gasteiger charge is 2.12. The predicted molar refractivity (Wildman–Crippen MR) is 61.6 cm³/mol. The van der Waals surface area contributed by atoms with Crippen LogP contribution in [0, 0.1) is 0 Å². The molecule has 0 aliphatic heterocycles. The summed E-state index contributed by atoms with van der Waals surface area (Å²) in [6, 6.07) is 5.43. The second-order valence-electron chi connectivity index (χ2n) is 2.96. The first-order chi connectivity index (χ1) is 7.74. The minimum atomic E-state index is 0.0120. The number of halogens is 1. The molecule has 0 spiro atoms. The van der Waals surface area contributed by atoms with Crippen LogP contribution < -0.4 is 5.73 Å². The van der Waals surface area contributed by atoms with Crippen molar-refractivity contribution in [3.8, 4) is 5.69 Å². The Morgan fingerprint density at radius 1 is 1.50 bits per heavy atom.